The van der Waals surface area contributed by atoms with Crippen molar-refractivity contribution >= 4 is 28.8 Å². The molecule has 2 N–H and O–H groups in total. The van der Waals surface area contributed by atoms with Gasteiger partial charge in [0.2, 0.25) is 11.8 Å². The number of likely N-dealkylation sites (N-methyl/N-ethyl adjacent to an activating group) is 1. The standard InChI is InChI=1S/C27H28F3N5O3/c1-4-25(36)31-18-6-5-7-20(16-18)38-26-21(27(28,29)30)9-11-24(33-26)32-22-10-8-19(17-23(22)37-3)35-14-12-34(2)13-15-35/h4-11,16-17H,1,12-15H2,2-3H3,(H,31,36)(H,32,33). The van der Waals surface area contributed by atoms with Crippen LogP contribution in [0.25, 0.3) is 0 Å². The highest BCUT2D eigenvalue weighted by Gasteiger charge is 2.36. The van der Waals surface area contributed by atoms with Crippen molar-refractivity contribution in [3.05, 3.63) is 72.8 Å². The van der Waals surface area contributed by atoms with Gasteiger partial charge in [0, 0.05) is 49.7 Å². The minimum absolute atomic E-state index is 0.0659. The molecule has 200 valence electrons. The summed E-state index contributed by atoms with van der Waals surface area (Å²) >= 11 is 0. The molecule has 4 rings (SSSR count). The van der Waals surface area contributed by atoms with E-state index in [1.165, 1.54) is 31.4 Å². The molecule has 1 amide bonds. The van der Waals surface area contributed by atoms with Gasteiger partial charge in [-0.1, -0.05) is 12.6 Å². The van der Waals surface area contributed by atoms with E-state index in [0.717, 1.165) is 44.0 Å². The molecule has 0 atom stereocenters. The highest BCUT2D eigenvalue weighted by molar-refractivity contribution is 5.98. The maximum Gasteiger partial charge on any atom is 0.421 e. The van der Waals surface area contributed by atoms with Gasteiger partial charge < -0.3 is 29.9 Å². The van der Waals surface area contributed by atoms with E-state index in [1.807, 2.05) is 12.1 Å². The first kappa shape index (κ1) is 26.8. The molecule has 0 bridgehead atoms. The number of alkyl halides is 3. The number of amides is 1. The van der Waals surface area contributed by atoms with Crippen LogP contribution in [0.5, 0.6) is 17.4 Å². The van der Waals surface area contributed by atoms with Gasteiger partial charge in [0.05, 0.1) is 12.8 Å². The topological polar surface area (TPSA) is 79.0 Å². The Labute approximate surface area is 218 Å². The largest absolute Gasteiger partial charge is 0.494 e. The fraction of sp³-hybridized carbons (Fsp3) is 0.259. The molecule has 1 saturated heterocycles. The summed E-state index contributed by atoms with van der Waals surface area (Å²) in [6.07, 6.45) is -3.62. The molecule has 2 heterocycles. The highest BCUT2D eigenvalue weighted by atomic mass is 19.4. The van der Waals surface area contributed by atoms with Gasteiger partial charge in [-0.2, -0.15) is 18.2 Å². The van der Waals surface area contributed by atoms with Crippen molar-refractivity contribution in [3.63, 3.8) is 0 Å². The lowest BCUT2D eigenvalue weighted by Crippen LogP contribution is -2.44. The number of nitrogens with zero attached hydrogens (tertiary/aromatic N) is 3. The van der Waals surface area contributed by atoms with E-state index in [4.69, 9.17) is 9.47 Å². The van der Waals surface area contributed by atoms with Crippen LogP contribution in [-0.2, 0) is 11.0 Å². The van der Waals surface area contributed by atoms with E-state index >= 15 is 0 Å². The fourth-order valence-electron chi connectivity index (χ4n) is 3.93. The van der Waals surface area contributed by atoms with Gasteiger partial charge in [-0.15, -0.1) is 0 Å². The van der Waals surface area contributed by atoms with E-state index in [9.17, 15) is 18.0 Å². The van der Waals surface area contributed by atoms with E-state index in [0.29, 0.717) is 17.1 Å². The minimum Gasteiger partial charge on any atom is -0.494 e. The number of carbonyl (C=O) groups excluding carboxylic acids is 1. The first-order valence-electron chi connectivity index (χ1n) is 11.8. The highest BCUT2D eigenvalue weighted by Crippen LogP contribution is 2.39. The average molecular weight is 528 g/mol. The summed E-state index contributed by atoms with van der Waals surface area (Å²) in [5.41, 5.74) is 0.826. The van der Waals surface area contributed by atoms with Gasteiger partial charge in [-0.25, -0.2) is 0 Å². The number of carbonyl (C=O) groups is 1. The molecule has 3 aromatic rings. The third kappa shape index (κ3) is 6.54. The number of pyridine rings is 1. The molecule has 1 aliphatic heterocycles. The number of halogens is 3. The van der Waals surface area contributed by atoms with Crippen molar-refractivity contribution in [2.75, 3.05) is 55.9 Å². The molecule has 0 saturated carbocycles. The number of ether oxygens (including phenoxy) is 2. The van der Waals surface area contributed by atoms with Crippen LogP contribution in [0.1, 0.15) is 5.56 Å². The lowest BCUT2D eigenvalue weighted by molar-refractivity contribution is -0.138. The normalized spacial score (nSPS) is 14.1. The van der Waals surface area contributed by atoms with E-state index in [1.54, 1.807) is 12.1 Å². The molecule has 8 nitrogen and oxygen atoms in total. The summed E-state index contributed by atoms with van der Waals surface area (Å²) in [6, 6.07) is 13.7. The number of hydrogen-bond donors (Lipinski definition) is 2. The third-order valence-electron chi connectivity index (χ3n) is 5.98. The number of hydrogen-bond acceptors (Lipinski definition) is 7. The molecule has 38 heavy (non-hydrogen) atoms. The van der Waals surface area contributed by atoms with Crippen LogP contribution < -0.4 is 25.0 Å². The lowest BCUT2D eigenvalue weighted by Gasteiger charge is -2.34. The zero-order valence-corrected chi connectivity index (χ0v) is 21.0. The fourth-order valence-corrected chi connectivity index (χ4v) is 3.93. The van der Waals surface area contributed by atoms with Gasteiger partial charge in [0.1, 0.15) is 22.9 Å². The first-order valence-corrected chi connectivity index (χ1v) is 11.8. The van der Waals surface area contributed by atoms with Crippen LogP contribution in [0.3, 0.4) is 0 Å². The van der Waals surface area contributed by atoms with E-state index < -0.39 is 23.5 Å². The van der Waals surface area contributed by atoms with Crippen molar-refractivity contribution in [1.82, 2.24) is 9.88 Å². The number of nitrogens with one attached hydrogen (secondary N) is 2. The minimum atomic E-state index is -4.70. The summed E-state index contributed by atoms with van der Waals surface area (Å²) in [5.74, 6) is -0.375. The molecule has 1 aliphatic rings. The summed E-state index contributed by atoms with van der Waals surface area (Å²) in [4.78, 5) is 20.2. The monoisotopic (exact) mass is 527 g/mol. The Kier molecular flexibility index (Phi) is 8.06. The molecular weight excluding hydrogens is 499 g/mol. The Morgan fingerprint density at radius 1 is 1.08 bits per heavy atom. The third-order valence-corrected chi connectivity index (χ3v) is 5.98. The number of aromatic nitrogens is 1. The summed E-state index contributed by atoms with van der Waals surface area (Å²) in [5, 5.41) is 5.57. The quantitative estimate of drug-likeness (QED) is 0.374. The van der Waals surface area contributed by atoms with E-state index in [-0.39, 0.29) is 11.6 Å². The van der Waals surface area contributed by atoms with Crippen LogP contribution >= 0.6 is 0 Å². The molecule has 11 heteroatoms. The van der Waals surface area contributed by atoms with Crippen molar-refractivity contribution in [3.8, 4) is 17.4 Å². The van der Waals surface area contributed by atoms with Crippen LogP contribution in [0, 0.1) is 0 Å². The number of benzene rings is 2. The molecule has 0 radical (unpaired) electrons. The van der Waals surface area contributed by atoms with Crippen LogP contribution in [0.15, 0.2) is 67.3 Å². The van der Waals surface area contributed by atoms with Crippen molar-refractivity contribution < 1.29 is 27.4 Å². The second-order valence-electron chi connectivity index (χ2n) is 8.67. The molecular formula is C27H28F3N5O3. The number of methoxy groups -OCH3 is 1. The maximum atomic E-state index is 13.7. The molecule has 0 spiro atoms. The average Bonchev–Trinajstić information content (AvgIpc) is 2.89. The van der Waals surface area contributed by atoms with Crippen LogP contribution in [0.2, 0.25) is 0 Å². The summed E-state index contributed by atoms with van der Waals surface area (Å²) in [6.45, 7) is 7.03. The Hall–Kier alpha value is -4.25. The molecule has 0 unspecified atom stereocenters. The smallest absolute Gasteiger partial charge is 0.421 e. The van der Waals surface area contributed by atoms with Crippen LogP contribution in [-0.4, -0.2) is 56.1 Å². The van der Waals surface area contributed by atoms with Gasteiger partial charge in [-0.3, -0.25) is 4.79 Å². The predicted octanol–water partition coefficient (Wildman–Crippen LogP) is 5.52. The second kappa shape index (κ2) is 11.4. The van der Waals surface area contributed by atoms with Gasteiger partial charge in [0.25, 0.3) is 0 Å². The van der Waals surface area contributed by atoms with Gasteiger partial charge in [-0.05, 0) is 49.5 Å². The van der Waals surface area contributed by atoms with E-state index in [2.05, 4.69) is 39.0 Å². The first-order chi connectivity index (χ1) is 18.2. The van der Waals surface area contributed by atoms with Gasteiger partial charge >= 0.3 is 6.18 Å². The number of rotatable bonds is 8. The predicted molar refractivity (Wildman–Crippen MR) is 141 cm³/mol. The van der Waals surface area contributed by atoms with Crippen molar-refractivity contribution in [2.24, 2.45) is 0 Å². The molecule has 0 aliphatic carbocycles. The zero-order valence-electron chi connectivity index (χ0n) is 21.0. The molecule has 2 aromatic carbocycles. The number of anilines is 4. The second-order valence-corrected chi connectivity index (χ2v) is 8.67. The maximum absolute atomic E-state index is 13.7. The Morgan fingerprint density at radius 3 is 2.53 bits per heavy atom. The summed E-state index contributed by atoms with van der Waals surface area (Å²) in [7, 11) is 3.61. The summed E-state index contributed by atoms with van der Waals surface area (Å²) < 4.78 is 52.3. The number of piperazine rings is 1. The lowest BCUT2D eigenvalue weighted by atomic mass is 10.2. The van der Waals surface area contributed by atoms with Crippen molar-refractivity contribution in [1.29, 1.82) is 0 Å². The molecule has 1 fully saturated rings. The zero-order chi connectivity index (χ0) is 27.3. The van der Waals surface area contributed by atoms with Crippen LogP contribution in [0.4, 0.5) is 36.1 Å². The Balaban J connectivity index is 1.59. The van der Waals surface area contributed by atoms with Crippen molar-refractivity contribution in [2.45, 2.75) is 6.18 Å². The molecule has 1 aromatic heterocycles. The Bertz CT molecular complexity index is 1310. The van der Waals surface area contributed by atoms with Gasteiger partial charge in [0.15, 0.2) is 0 Å². The Morgan fingerprint density at radius 2 is 1.84 bits per heavy atom. The SMILES string of the molecule is C=CC(=O)Nc1cccc(Oc2nc(Nc3ccc(N4CCN(C)CC4)cc3OC)ccc2C(F)(F)F)c1.